The largest absolute Gasteiger partial charge is 0.364 e. The van der Waals surface area contributed by atoms with Crippen LogP contribution in [-0.2, 0) is 6.42 Å². The highest BCUT2D eigenvalue weighted by molar-refractivity contribution is 5.90. The van der Waals surface area contributed by atoms with E-state index in [4.69, 9.17) is 11.5 Å². The summed E-state index contributed by atoms with van der Waals surface area (Å²) in [5.74, 6) is -0.526. The van der Waals surface area contributed by atoms with Gasteiger partial charge < -0.3 is 11.5 Å². The molecule has 1 aromatic heterocycles. The smallest absolute Gasteiger partial charge is 0.269 e. The monoisotopic (exact) mass is 244 g/mol. The number of aromatic nitrogens is 2. The second kappa shape index (κ2) is 5.01. The highest BCUT2D eigenvalue weighted by Gasteiger charge is 2.06. The molecule has 0 saturated carbocycles. The molecule has 1 heterocycles. The second-order valence-electron chi connectivity index (χ2n) is 4.36. The van der Waals surface area contributed by atoms with Crippen molar-refractivity contribution >= 4 is 5.91 Å². The van der Waals surface area contributed by atoms with Gasteiger partial charge in [-0.3, -0.25) is 4.79 Å². The molecule has 1 atom stereocenters. The van der Waals surface area contributed by atoms with Crippen molar-refractivity contribution in [3.63, 3.8) is 0 Å². The van der Waals surface area contributed by atoms with E-state index in [2.05, 4.69) is 5.10 Å². The predicted octanol–water partition coefficient (Wildman–Crippen LogP) is 0.861. The first-order chi connectivity index (χ1) is 8.56. The highest BCUT2D eigenvalue weighted by atomic mass is 16.1. The summed E-state index contributed by atoms with van der Waals surface area (Å²) in [6.45, 7) is 1.97. The molecule has 2 aromatic rings. The summed E-state index contributed by atoms with van der Waals surface area (Å²) in [5, 5.41) is 4.09. The maximum Gasteiger partial charge on any atom is 0.269 e. The van der Waals surface area contributed by atoms with E-state index in [9.17, 15) is 4.79 Å². The van der Waals surface area contributed by atoms with Crippen LogP contribution in [0.1, 0.15) is 23.0 Å². The van der Waals surface area contributed by atoms with E-state index in [0.717, 1.165) is 12.1 Å². The van der Waals surface area contributed by atoms with Crippen molar-refractivity contribution in [2.75, 3.05) is 0 Å². The van der Waals surface area contributed by atoms with E-state index in [-0.39, 0.29) is 11.7 Å². The molecule has 4 N–H and O–H groups in total. The minimum absolute atomic E-state index is 0.141. The van der Waals surface area contributed by atoms with Gasteiger partial charge in [-0.05, 0) is 37.1 Å². The fourth-order valence-electron chi connectivity index (χ4n) is 1.76. The Labute approximate surface area is 105 Å². The third-order valence-corrected chi connectivity index (χ3v) is 2.60. The van der Waals surface area contributed by atoms with Crippen LogP contribution >= 0.6 is 0 Å². The molecule has 94 valence electrons. The number of primary amides is 1. The molecule has 0 aliphatic carbocycles. The summed E-state index contributed by atoms with van der Waals surface area (Å²) in [4.78, 5) is 11.0. The van der Waals surface area contributed by atoms with Crippen LogP contribution in [-0.4, -0.2) is 21.7 Å². The van der Waals surface area contributed by atoms with E-state index in [0.29, 0.717) is 0 Å². The maximum atomic E-state index is 11.0. The minimum atomic E-state index is -0.526. The van der Waals surface area contributed by atoms with Crippen LogP contribution in [0.2, 0.25) is 0 Å². The summed E-state index contributed by atoms with van der Waals surface area (Å²) in [6.07, 6.45) is 2.55. The van der Waals surface area contributed by atoms with Gasteiger partial charge in [0.2, 0.25) is 0 Å². The summed E-state index contributed by atoms with van der Waals surface area (Å²) >= 11 is 0. The van der Waals surface area contributed by atoms with Crippen molar-refractivity contribution in [3.05, 3.63) is 47.8 Å². The summed E-state index contributed by atoms with van der Waals surface area (Å²) < 4.78 is 1.62. The molecule has 0 saturated heterocycles. The van der Waals surface area contributed by atoms with Gasteiger partial charge in [-0.15, -0.1) is 0 Å². The van der Waals surface area contributed by atoms with E-state index < -0.39 is 5.91 Å². The molecule has 1 amide bonds. The fraction of sp³-hybridized carbons (Fsp3) is 0.231. The van der Waals surface area contributed by atoms with Gasteiger partial charge in [-0.2, -0.15) is 5.10 Å². The zero-order valence-electron chi connectivity index (χ0n) is 10.2. The first kappa shape index (κ1) is 12.3. The van der Waals surface area contributed by atoms with Gasteiger partial charge >= 0.3 is 0 Å². The molecule has 0 bridgehead atoms. The summed E-state index contributed by atoms with van der Waals surface area (Å²) in [5.41, 5.74) is 13.2. The van der Waals surface area contributed by atoms with Gasteiger partial charge in [-0.1, -0.05) is 12.1 Å². The molecule has 0 radical (unpaired) electrons. The lowest BCUT2D eigenvalue weighted by molar-refractivity contribution is 0.0995. The van der Waals surface area contributed by atoms with Crippen LogP contribution in [0.3, 0.4) is 0 Å². The molecule has 2 rings (SSSR count). The average molecular weight is 244 g/mol. The molecule has 5 heteroatoms. The first-order valence-electron chi connectivity index (χ1n) is 5.76. The van der Waals surface area contributed by atoms with Crippen molar-refractivity contribution in [2.24, 2.45) is 11.5 Å². The average Bonchev–Trinajstić information content (AvgIpc) is 2.78. The molecule has 18 heavy (non-hydrogen) atoms. The normalized spacial score (nSPS) is 12.3. The van der Waals surface area contributed by atoms with Crippen molar-refractivity contribution in [1.29, 1.82) is 0 Å². The quantitative estimate of drug-likeness (QED) is 0.836. The van der Waals surface area contributed by atoms with Crippen molar-refractivity contribution in [1.82, 2.24) is 9.78 Å². The number of nitrogens with two attached hydrogens (primary N) is 2. The van der Waals surface area contributed by atoms with Gasteiger partial charge in [0.05, 0.1) is 5.69 Å². The number of carbonyl (C=O) groups is 1. The lowest BCUT2D eigenvalue weighted by Gasteiger charge is -2.06. The second-order valence-corrected chi connectivity index (χ2v) is 4.36. The molecular formula is C13H16N4O. The number of hydrogen-bond acceptors (Lipinski definition) is 3. The minimum Gasteiger partial charge on any atom is -0.364 e. The van der Waals surface area contributed by atoms with Crippen LogP contribution in [0.4, 0.5) is 0 Å². The van der Waals surface area contributed by atoms with E-state index >= 15 is 0 Å². The number of rotatable bonds is 4. The Balaban J connectivity index is 2.20. The van der Waals surface area contributed by atoms with Gasteiger partial charge in [0.1, 0.15) is 5.69 Å². The van der Waals surface area contributed by atoms with Crippen molar-refractivity contribution in [3.8, 4) is 5.69 Å². The lowest BCUT2D eigenvalue weighted by Crippen LogP contribution is -2.17. The Kier molecular flexibility index (Phi) is 3.43. The number of carbonyl (C=O) groups excluding carboxylic acids is 1. The zero-order chi connectivity index (χ0) is 13.1. The lowest BCUT2D eigenvalue weighted by atomic mass is 10.1. The standard InChI is InChI=1S/C13H16N4O/c1-9(14)8-10-2-4-11(5-3-10)17-7-6-12(16-17)13(15)18/h2-7,9H,8,14H2,1H3,(H2,15,18). The van der Waals surface area contributed by atoms with Gasteiger partial charge in [0.25, 0.3) is 5.91 Å². The predicted molar refractivity (Wildman–Crippen MR) is 69.4 cm³/mol. The molecule has 0 spiro atoms. The third-order valence-electron chi connectivity index (χ3n) is 2.60. The SMILES string of the molecule is CC(N)Cc1ccc(-n2ccc(C(N)=O)n2)cc1. The number of hydrogen-bond donors (Lipinski definition) is 2. The third kappa shape index (κ3) is 2.75. The van der Waals surface area contributed by atoms with Gasteiger partial charge in [0, 0.05) is 12.2 Å². The Morgan fingerprint density at radius 2 is 2.00 bits per heavy atom. The van der Waals surface area contributed by atoms with Gasteiger partial charge in [-0.25, -0.2) is 4.68 Å². The number of benzene rings is 1. The van der Waals surface area contributed by atoms with Crippen LogP contribution in [0, 0.1) is 0 Å². The molecule has 1 unspecified atom stereocenters. The van der Waals surface area contributed by atoms with Crippen molar-refractivity contribution in [2.45, 2.75) is 19.4 Å². The van der Waals surface area contributed by atoms with Crippen LogP contribution < -0.4 is 11.5 Å². The molecule has 0 aliphatic rings. The molecule has 0 aliphatic heterocycles. The van der Waals surface area contributed by atoms with Crippen LogP contribution in [0.5, 0.6) is 0 Å². The zero-order valence-corrected chi connectivity index (χ0v) is 10.2. The van der Waals surface area contributed by atoms with Crippen LogP contribution in [0.25, 0.3) is 5.69 Å². The Morgan fingerprint density at radius 3 is 2.50 bits per heavy atom. The fourth-order valence-corrected chi connectivity index (χ4v) is 1.76. The Hall–Kier alpha value is -2.14. The Morgan fingerprint density at radius 1 is 1.33 bits per heavy atom. The molecule has 5 nitrogen and oxygen atoms in total. The molecule has 0 fully saturated rings. The number of amides is 1. The summed E-state index contributed by atoms with van der Waals surface area (Å²) in [7, 11) is 0. The van der Waals surface area contributed by atoms with E-state index in [1.54, 1.807) is 16.9 Å². The van der Waals surface area contributed by atoms with E-state index in [1.807, 2.05) is 31.2 Å². The molecular weight excluding hydrogens is 228 g/mol. The van der Waals surface area contributed by atoms with Crippen molar-refractivity contribution < 1.29 is 4.79 Å². The molecule has 1 aromatic carbocycles. The highest BCUT2D eigenvalue weighted by Crippen LogP contribution is 2.10. The number of nitrogens with zero attached hydrogens (tertiary/aromatic N) is 2. The van der Waals surface area contributed by atoms with Gasteiger partial charge in [0.15, 0.2) is 0 Å². The Bertz CT molecular complexity index is 542. The first-order valence-corrected chi connectivity index (χ1v) is 5.76. The van der Waals surface area contributed by atoms with E-state index in [1.165, 1.54) is 5.56 Å². The maximum absolute atomic E-state index is 11.0. The summed E-state index contributed by atoms with van der Waals surface area (Å²) in [6, 6.07) is 9.62. The topological polar surface area (TPSA) is 86.9 Å². The van der Waals surface area contributed by atoms with Crippen LogP contribution in [0.15, 0.2) is 36.5 Å².